The van der Waals surface area contributed by atoms with Gasteiger partial charge < -0.3 is 9.32 Å². The van der Waals surface area contributed by atoms with E-state index in [-0.39, 0.29) is 0 Å². The molecule has 1 saturated heterocycles. The summed E-state index contributed by atoms with van der Waals surface area (Å²) in [5.41, 5.74) is 0.917. The predicted octanol–water partition coefficient (Wildman–Crippen LogP) is 2.51. The Kier molecular flexibility index (Phi) is 3.06. The number of hydrogen-bond donors (Lipinski definition) is 0. The molecule has 0 amide bonds. The quantitative estimate of drug-likeness (QED) is 0.775. The number of rotatable bonds is 2. The number of thiocarbonyl (C=S) groups is 1. The SMILES string of the molecule is S=C(c1nnc(-c2ccccc2)o1)N1CCCC1. The lowest BCUT2D eigenvalue weighted by Gasteiger charge is -2.14. The second kappa shape index (κ2) is 4.86. The summed E-state index contributed by atoms with van der Waals surface area (Å²) in [6.45, 7) is 1.98. The molecule has 1 aromatic heterocycles. The van der Waals surface area contributed by atoms with E-state index in [4.69, 9.17) is 16.6 Å². The third-order valence-corrected chi connectivity index (χ3v) is 3.45. The van der Waals surface area contributed by atoms with Crippen LogP contribution in [0.25, 0.3) is 11.5 Å². The van der Waals surface area contributed by atoms with Crippen molar-refractivity contribution in [1.29, 1.82) is 0 Å². The minimum Gasteiger partial charge on any atom is -0.414 e. The summed E-state index contributed by atoms with van der Waals surface area (Å²) < 4.78 is 5.64. The highest BCUT2D eigenvalue weighted by molar-refractivity contribution is 7.80. The molecule has 0 saturated carbocycles. The summed E-state index contributed by atoms with van der Waals surface area (Å²) in [4.78, 5) is 2.79. The normalized spacial score (nSPS) is 15.0. The van der Waals surface area contributed by atoms with E-state index in [9.17, 15) is 0 Å². The van der Waals surface area contributed by atoms with Gasteiger partial charge in [0.15, 0.2) is 4.99 Å². The van der Waals surface area contributed by atoms with Crippen LogP contribution in [0.4, 0.5) is 0 Å². The van der Waals surface area contributed by atoms with Crippen molar-refractivity contribution in [3.63, 3.8) is 0 Å². The van der Waals surface area contributed by atoms with Crippen LogP contribution in [0.2, 0.25) is 0 Å². The average molecular weight is 259 g/mol. The van der Waals surface area contributed by atoms with Gasteiger partial charge in [0.2, 0.25) is 5.89 Å². The molecule has 1 fully saturated rings. The molecule has 0 aliphatic carbocycles. The summed E-state index contributed by atoms with van der Waals surface area (Å²) >= 11 is 5.37. The van der Waals surface area contributed by atoms with Crippen LogP contribution >= 0.6 is 12.2 Å². The lowest BCUT2D eigenvalue weighted by molar-refractivity contribution is 0.493. The number of likely N-dealkylation sites (tertiary alicyclic amines) is 1. The van der Waals surface area contributed by atoms with Crippen LogP contribution < -0.4 is 0 Å². The van der Waals surface area contributed by atoms with Gasteiger partial charge in [-0.1, -0.05) is 30.4 Å². The van der Waals surface area contributed by atoms with Gasteiger partial charge in [-0.25, -0.2) is 0 Å². The average Bonchev–Trinajstić information content (AvgIpc) is 3.10. The van der Waals surface area contributed by atoms with E-state index in [1.165, 1.54) is 12.8 Å². The molecule has 2 aromatic rings. The third kappa shape index (κ3) is 2.13. The lowest BCUT2D eigenvalue weighted by Crippen LogP contribution is -2.26. The first kappa shape index (κ1) is 11.3. The van der Waals surface area contributed by atoms with E-state index in [2.05, 4.69) is 15.1 Å². The maximum atomic E-state index is 5.64. The van der Waals surface area contributed by atoms with Crippen LogP contribution in [0.1, 0.15) is 18.7 Å². The Morgan fingerprint density at radius 3 is 2.56 bits per heavy atom. The van der Waals surface area contributed by atoms with Crippen molar-refractivity contribution in [3.8, 4) is 11.5 Å². The zero-order chi connectivity index (χ0) is 12.4. The number of benzene rings is 1. The Labute approximate surface area is 111 Å². The topological polar surface area (TPSA) is 42.2 Å². The van der Waals surface area contributed by atoms with Crippen LogP contribution in [0.5, 0.6) is 0 Å². The Bertz CT molecular complexity index is 546. The van der Waals surface area contributed by atoms with Gasteiger partial charge in [0, 0.05) is 18.7 Å². The van der Waals surface area contributed by atoms with Gasteiger partial charge in [0.1, 0.15) is 0 Å². The van der Waals surface area contributed by atoms with Gasteiger partial charge in [0.25, 0.3) is 5.89 Å². The van der Waals surface area contributed by atoms with E-state index in [0.29, 0.717) is 16.8 Å². The number of nitrogens with zero attached hydrogens (tertiary/aromatic N) is 3. The summed E-state index contributed by atoms with van der Waals surface area (Å²) in [5, 5.41) is 8.09. The highest BCUT2D eigenvalue weighted by atomic mass is 32.1. The molecule has 0 radical (unpaired) electrons. The minimum absolute atomic E-state index is 0.450. The maximum Gasteiger partial charge on any atom is 0.275 e. The van der Waals surface area contributed by atoms with Crippen molar-refractivity contribution in [2.24, 2.45) is 0 Å². The number of aromatic nitrogens is 2. The number of hydrogen-bond acceptors (Lipinski definition) is 4. The third-order valence-electron chi connectivity index (χ3n) is 3.02. The van der Waals surface area contributed by atoms with Crippen molar-refractivity contribution >= 4 is 17.2 Å². The lowest BCUT2D eigenvalue weighted by atomic mass is 10.2. The molecular weight excluding hydrogens is 246 g/mol. The van der Waals surface area contributed by atoms with Crippen molar-refractivity contribution < 1.29 is 4.42 Å². The second-order valence-corrected chi connectivity index (χ2v) is 4.66. The van der Waals surface area contributed by atoms with Gasteiger partial charge in [0.05, 0.1) is 0 Å². The largest absolute Gasteiger partial charge is 0.414 e. The van der Waals surface area contributed by atoms with E-state index < -0.39 is 0 Å². The highest BCUT2D eigenvalue weighted by Crippen LogP contribution is 2.19. The molecule has 2 heterocycles. The Balaban J connectivity index is 1.83. The molecule has 0 atom stereocenters. The standard InChI is InChI=1S/C13H13N3OS/c18-13(16-8-4-5-9-16)12-15-14-11(17-12)10-6-2-1-3-7-10/h1-3,6-7H,4-5,8-9H2. The fourth-order valence-corrected chi connectivity index (χ4v) is 2.33. The van der Waals surface area contributed by atoms with E-state index in [1.807, 2.05) is 30.3 Å². The first-order chi connectivity index (χ1) is 8.84. The molecular formula is C13H13N3OS. The van der Waals surface area contributed by atoms with Crippen LogP contribution in [0.15, 0.2) is 34.7 Å². The maximum absolute atomic E-state index is 5.64. The van der Waals surface area contributed by atoms with Gasteiger partial charge in [-0.05, 0) is 25.0 Å². The Hall–Kier alpha value is -1.75. The molecule has 0 unspecified atom stereocenters. The Morgan fingerprint density at radius 1 is 1.11 bits per heavy atom. The molecule has 1 aliphatic heterocycles. The minimum atomic E-state index is 0.450. The zero-order valence-corrected chi connectivity index (χ0v) is 10.7. The fourth-order valence-electron chi connectivity index (χ4n) is 2.06. The van der Waals surface area contributed by atoms with Crippen molar-refractivity contribution in [2.45, 2.75) is 12.8 Å². The summed E-state index contributed by atoms with van der Waals surface area (Å²) in [6, 6.07) is 9.72. The first-order valence-electron chi connectivity index (χ1n) is 6.03. The van der Waals surface area contributed by atoms with Gasteiger partial charge in [-0.2, -0.15) is 0 Å². The molecule has 92 valence electrons. The molecule has 4 nitrogen and oxygen atoms in total. The van der Waals surface area contributed by atoms with Crippen molar-refractivity contribution in [2.75, 3.05) is 13.1 Å². The van der Waals surface area contributed by atoms with E-state index in [0.717, 1.165) is 18.7 Å². The molecule has 0 spiro atoms. The summed E-state index contributed by atoms with van der Waals surface area (Å²) in [5.74, 6) is 0.970. The highest BCUT2D eigenvalue weighted by Gasteiger charge is 2.21. The van der Waals surface area contributed by atoms with Crippen LogP contribution in [0, 0.1) is 0 Å². The van der Waals surface area contributed by atoms with Crippen LogP contribution in [-0.2, 0) is 0 Å². The van der Waals surface area contributed by atoms with Gasteiger partial charge >= 0.3 is 0 Å². The van der Waals surface area contributed by atoms with Crippen molar-refractivity contribution in [1.82, 2.24) is 15.1 Å². The monoisotopic (exact) mass is 259 g/mol. The fraction of sp³-hybridized carbons (Fsp3) is 0.308. The Morgan fingerprint density at radius 2 is 1.83 bits per heavy atom. The molecule has 1 aliphatic rings. The first-order valence-corrected chi connectivity index (χ1v) is 6.43. The molecule has 3 rings (SSSR count). The van der Waals surface area contributed by atoms with Gasteiger partial charge in [-0.3, -0.25) is 0 Å². The zero-order valence-electron chi connectivity index (χ0n) is 9.87. The molecule has 1 aromatic carbocycles. The second-order valence-electron chi connectivity index (χ2n) is 4.28. The smallest absolute Gasteiger partial charge is 0.275 e. The van der Waals surface area contributed by atoms with Gasteiger partial charge in [-0.15, -0.1) is 10.2 Å². The van der Waals surface area contributed by atoms with E-state index in [1.54, 1.807) is 0 Å². The van der Waals surface area contributed by atoms with Crippen molar-refractivity contribution in [3.05, 3.63) is 36.2 Å². The summed E-state index contributed by atoms with van der Waals surface area (Å²) in [7, 11) is 0. The molecule has 5 heteroatoms. The summed E-state index contributed by atoms with van der Waals surface area (Å²) in [6.07, 6.45) is 2.36. The van der Waals surface area contributed by atoms with E-state index >= 15 is 0 Å². The molecule has 0 N–H and O–H groups in total. The predicted molar refractivity (Wildman–Crippen MR) is 72.2 cm³/mol. The van der Waals surface area contributed by atoms with Crippen LogP contribution in [0.3, 0.4) is 0 Å². The molecule has 0 bridgehead atoms. The molecule has 18 heavy (non-hydrogen) atoms. The van der Waals surface area contributed by atoms with Crippen LogP contribution in [-0.4, -0.2) is 33.2 Å².